The largest absolute Gasteiger partial charge is 0.342 e. The lowest BCUT2D eigenvalue weighted by Gasteiger charge is -2.16. The zero-order valence-electron chi connectivity index (χ0n) is 10.9. The molecular formula is C15H18N2. The minimum Gasteiger partial charge on any atom is -0.342 e. The van der Waals surface area contributed by atoms with Gasteiger partial charge in [0, 0.05) is 22.6 Å². The highest BCUT2D eigenvalue weighted by Crippen LogP contribution is 2.29. The Labute approximate surface area is 102 Å². The van der Waals surface area contributed by atoms with Crippen molar-refractivity contribution in [2.45, 2.75) is 39.7 Å². The van der Waals surface area contributed by atoms with Gasteiger partial charge < -0.3 is 4.57 Å². The molecule has 17 heavy (non-hydrogen) atoms. The summed E-state index contributed by atoms with van der Waals surface area (Å²) in [7, 11) is 0. The molecule has 0 aliphatic carbocycles. The molecule has 0 saturated heterocycles. The number of rotatable bonds is 2. The average Bonchev–Trinajstić information content (AvgIpc) is 2.66. The van der Waals surface area contributed by atoms with Crippen LogP contribution in [0.25, 0.3) is 10.9 Å². The van der Waals surface area contributed by atoms with Gasteiger partial charge in [0.1, 0.15) is 0 Å². The Morgan fingerprint density at radius 3 is 2.35 bits per heavy atom. The zero-order chi connectivity index (χ0) is 12.6. The van der Waals surface area contributed by atoms with Crippen LogP contribution >= 0.6 is 0 Å². The van der Waals surface area contributed by atoms with Gasteiger partial charge in [-0.1, -0.05) is 13.8 Å². The molecule has 2 nitrogen and oxygen atoms in total. The lowest BCUT2D eigenvalue weighted by atomic mass is 10.1. The first-order chi connectivity index (χ1) is 8.04. The monoisotopic (exact) mass is 226 g/mol. The van der Waals surface area contributed by atoms with E-state index < -0.39 is 0 Å². The third-order valence-electron chi connectivity index (χ3n) is 3.11. The molecule has 0 saturated carbocycles. The van der Waals surface area contributed by atoms with Crippen LogP contribution in [-0.2, 0) is 0 Å². The number of fused-ring (bicyclic) bond motifs is 1. The topological polar surface area (TPSA) is 28.7 Å². The van der Waals surface area contributed by atoms with Crippen LogP contribution in [0.2, 0.25) is 0 Å². The fourth-order valence-corrected chi connectivity index (χ4v) is 2.35. The maximum absolute atomic E-state index is 8.93. The van der Waals surface area contributed by atoms with Crippen molar-refractivity contribution in [1.82, 2.24) is 4.57 Å². The first-order valence-corrected chi connectivity index (χ1v) is 6.09. The highest BCUT2D eigenvalue weighted by atomic mass is 15.0. The molecule has 0 aliphatic rings. The van der Waals surface area contributed by atoms with E-state index in [1.807, 2.05) is 12.1 Å². The number of nitriles is 1. The fourth-order valence-electron chi connectivity index (χ4n) is 2.35. The van der Waals surface area contributed by atoms with Gasteiger partial charge in [0.05, 0.1) is 11.6 Å². The normalized spacial score (nSPS) is 11.4. The Morgan fingerprint density at radius 2 is 1.82 bits per heavy atom. The summed E-state index contributed by atoms with van der Waals surface area (Å²) in [5.41, 5.74) is 3.29. The molecule has 1 aromatic carbocycles. The van der Waals surface area contributed by atoms with E-state index in [4.69, 9.17) is 5.26 Å². The van der Waals surface area contributed by atoms with Crippen molar-refractivity contribution in [3.8, 4) is 6.07 Å². The Morgan fingerprint density at radius 1 is 1.12 bits per heavy atom. The fraction of sp³-hybridized carbons (Fsp3) is 0.400. The van der Waals surface area contributed by atoms with Crippen molar-refractivity contribution < 1.29 is 0 Å². The van der Waals surface area contributed by atoms with Crippen LogP contribution in [0, 0.1) is 11.3 Å². The van der Waals surface area contributed by atoms with Crippen LogP contribution in [0.5, 0.6) is 0 Å². The van der Waals surface area contributed by atoms with E-state index >= 15 is 0 Å². The molecule has 0 unspecified atom stereocenters. The van der Waals surface area contributed by atoms with E-state index in [-0.39, 0.29) is 0 Å². The molecule has 1 aromatic heterocycles. The Kier molecular flexibility index (Phi) is 2.93. The lowest BCUT2D eigenvalue weighted by Crippen LogP contribution is -2.06. The van der Waals surface area contributed by atoms with Crippen molar-refractivity contribution in [3.63, 3.8) is 0 Å². The third kappa shape index (κ3) is 1.93. The van der Waals surface area contributed by atoms with Gasteiger partial charge in [0.25, 0.3) is 0 Å². The number of hydrogen-bond donors (Lipinski definition) is 0. The summed E-state index contributed by atoms with van der Waals surface area (Å²) in [6, 6.07) is 10.8. The second-order valence-corrected chi connectivity index (χ2v) is 5.07. The first kappa shape index (κ1) is 11.7. The van der Waals surface area contributed by atoms with Gasteiger partial charge in [-0.25, -0.2) is 0 Å². The molecular weight excluding hydrogens is 208 g/mol. The van der Waals surface area contributed by atoms with Crippen LogP contribution in [-0.4, -0.2) is 4.57 Å². The lowest BCUT2D eigenvalue weighted by molar-refractivity contribution is 0.577. The molecule has 1 heterocycles. The van der Waals surface area contributed by atoms with Crippen LogP contribution in [0.4, 0.5) is 0 Å². The Bertz CT molecular complexity index is 583. The van der Waals surface area contributed by atoms with E-state index in [1.165, 1.54) is 16.6 Å². The summed E-state index contributed by atoms with van der Waals surface area (Å²) >= 11 is 0. The predicted octanol–water partition coefficient (Wildman–Crippen LogP) is 4.22. The Hall–Kier alpha value is -1.75. The molecule has 0 N–H and O–H groups in total. The van der Waals surface area contributed by atoms with Crippen molar-refractivity contribution in [1.29, 1.82) is 5.26 Å². The van der Waals surface area contributed by atoms with Gasteiger partial charge in [-0.15, -0.1) is 0 Å². The van der Waals surface area contributed by atoms with E-state index in [1.54, 1.807) is 0 Å². The molecule has 2 heteroatoms. The van der Waals surface area contributed by atoms with Crippen molar-refractivity contribution in [2.75, 3.05) is 0 Å². The molecule has 0 bridgehead atoms. The second kappa shape index (κ2) is 4.25. The number of benzene rings is 1. The van der Waals surface area contributed by atoms with Crippen LogP contribution in [0.3, 0.4) is 0 Å². The predicted molar refractivity (Wildman–Crippen MR) is 71.1 cm³/mol. The van der Waals surface area contributed by atoms with Crippen LogP contribution < -0.4 is 0 Å². The molecule has 2 rings (SSSR count). The first-order valence-electron chi connectivity index (χ1n) is 6.09. The second-order valence-electron chi connectivity index (χ2n) is 5.07. The summed E-state index contributed by atoms with van der Waals surface area (Å²) in [6.45, 7) is 8.81. The van der Waals surface area contributed by atoms with E-state index in [2.05, 4.69) is 50.5 Å². The maximum Gasteiger partial charge on any atom is 0.0991 e. The van der Waals surface area contributed by atoms with Crippen LogP contribution in [0.1, 0.15) is 50.9 Å². The van der Waals surface area contributed by atoms with Gasteiger partial charge in [0.15, 0.2) is 0 Å². The summed E-state index contributed by atoms with van der Waals surface area (Å²) in [5, 5.41) is 10.1. The van der Waals surface area contributed by atoms with Gasteiger partial charge in [-0.2, -0.15) is 5.26 Å². The van der Waals surface area contributed by atoms with Crippen LogP contribution in [0.15, 0.2) is 24.3 Å². The van der Waals surface area contributed by atoms with Gasteiger partial charge in [-0.3, -0.25) is 0 Å². The maximum atomic E-state index is 8.93. The molecule has 88 valence electrons. The molecule has 0 aliphatic heterocycles. The number of nitrogens with zero attached hydrogens (tertiary/aromatic N) is 2. The smallest absolute Gasteiger partial charge is 0.0991 e. The molecule has 0 fully saturated rings. The summed E-state index contributed by atoms with van der Waals surface area (Å²) in [5.74, 6) is 0.496. The standard InChI is InChI=1S/C15H18N2/c1-10(2)15-8-13-7-12(9-16)5-6-14(13)17(15)11(3)4/h5-8,10-11H,1-4H3. The van der Waals surface area contributed by atoms with Crippen molar-refractivity contribution in [2.24, 2.45) is 0 Å². The SMILES string of the molecule is CC(C)c1cc2cc(C#N)ccc2n1C(C)C. The van der Waals surface area contributed by atoms with Gasteiger partial charge in [-0.05, 0) is 44.0 Å². The van der Waals surface area contributed by atoms with Crippen molar-refractivity contribution in [3.05, 3.63) is 35.5 Å². The minimum absolute atomic E-state index is 0.442. The minimum atomic E-state index is 0.442. The molecule has 0 amide bonds. The Balaban J connectivity index is 2.75. The van der Waals surface area contributed by atoms with Gasteiger partial charge in [0.2, 0.25) is 0 Å². The van der Waals surface area contributed by atoms with E-state index in [0.717, 1.165) is 5.56 Å². The number of aromatic nitrogens is 1. The number of hydrogen-bond acceptors (Lipinski definition) is 1. The highest BCUT2D eigenvalue weighted by Gasteiger charge is 2.13. The zero-order valence-corrected chi connectivity index (χ0v) is 10.9. The molecule has 0 radical (unpaired) electrons. The summed E-state index contributed by atoms with van der Waals surface area (Å²) in [4.78, 5) is 0. The molecule has 0 atom stereocenters. The van der Waals surface area contributed by atoms with E-state index in [9.17, 15) is 0 Å². The van der Waals surface area contributed by atoms with Crippen molar-refractivity contribution >= 4 is 10.9 Å². The third-order valence-corrected chi connectivity index (χ3v) is 3.11. The molecule has 2 aromatic rings. The molecule has 0 spiro atoms. The quantitative estimate of drug-likeness (QED) is 0.753. The van der Waals surface area contributed by atoms with Gasteiger partial charge >= 0.3 is 0 Å². The average molecular weight is 226 g/mol. The summed E-state index contributed by atoms with van der Waals surface area (Å²) in [6.07, 6.45) is 0. The van der Waals surface area contributed by atoms with E-state index in [0.29, 0.717) is 12.0 Å². The summed E-state index contributed by atoms with van der Waals surface area (Å²) < 4.78 is 2.36. The highest BCUT2D eigenvalue weighted by molar-refractivity contribution is 5.83.